The van der Waals surface area contributed by atoms with E-state index in [1.165, 1.54) is 0 Å². The Labute approximate surface area is 127 Å². The van der Waals surface area contributed by atoms with Gasteiger partial charge in [-0.3, -0.25) is 14.5 Å². The molecule has 0 bridgehead atoms. The molecule has 1 aliphatic heterocycles. The fraction of sp³-hybridized carbons (Fsp3) is 0.875. The number of Topliss-reactive ketones (excluding diaryl/α,β-unsaturated/α-hetero) is 1. The molecule has 0 spiro atoms. The van der Waals surface area contributed by atoms with Crippen molar-refractivity contribution in [1.29, 1.82) is 0 Å². The second-order valence-electron chi connectivity index (χ2n) is 6.98. The number of ketones is 1. The van der Waals surface area contributed by atoms with Crippen LogP contribution in [0.4, 0.5) is 0 Å². The third kappa shape index (κ3) is 3.83. The molecule has 1 unspecified atom stereocenters. The smallest absolute Gasteiger partial charge is 0.237 e. The summed E-state index contributed by atoms with van der Waals surface area (Å²) in [4.78, 5) is 26.2. The molecular weight excluding hydrogens is 266 g/mol. The zero-order valence-corrected chi connectivity index (χ0v) is 13.4. The molecule has 0 aromatic heterocycles. The zero-order valence-electron chi connectivity index (χ0n) is 13.4. The number of rotatable bonds is 5. The van der Waals surface area contributed by atoms with Crippen molar-refractivity contribution in [2.75, 3.05) is 19.6 Å². The molecule has 1 saturated carbocycles. The number of hydrogen-bond donors (Lipinski definition) is 2. The van der Waals surface area contributed by atoms with Gasteiger partial charge in [-0.1, -0.05) is 20.3 Å². The first-order valence-electron chi connectivity index (χ1n) is 8.26. The second kappa shape index (κ2) is 6.88. The molecule has 0 radical (unpaired) electrons. The Kier molecular flexibility index (Phi) is 5.38. The van der Waals surface area contributed by atoms with Gasteiger partial charge in [0.05, 0.1) is 6.04 Å². The van der Waals surface area contributed by atoms with E-state index in [1.807, 2.05) is 0 Å². The maximum absolute atomic E-state index is 12.1. The van der Waals surface area contributed by atoms with E-state index in [9.17, 15) is 9.59 Å². The predicted molar refractivity (Wildman–Crippen MR) is 82.8 cm³/mol. The van der Waals surface area contributed by atoms with Crippen LogP contribution in [0.15, 0.2) is 0 Å². The summed E-state index contributed by atoms with van der Waals surface area (Å²) in [6.45, 7) is 6.61. The molecule has 2 rings (SSSR count). The van der Waals surface area contributed by atoms with Gasteiger partial charge < -0.3 is 11.1 Å². The van der Waals surface area contributed by atoms with E-state index in [1.54, 1.807) is 0 Å². The van der Waals surface area contributed by atoms with E-state index in [2.05, 4.69) is 24.1 Å². The van der Waals surface area contributed by atoms with Gasteiger partial charge >= 0.3 is 0 Å². The molecule has 1 heterocycles. The molecule has 3 N–H and O–H groups in total. The average molecular weight is 295 g/mol. The lowest BCUT2D eigenvalue weighted by atomic mass is 9.84. The minimum Gasteiger partial charge on any atom is -0.368 e. The highest BCUT2D eigenvalue weighted by Gasteiger charge is 2.42. The molecule has 1 amide bonds. The summed E-state index contributed by atoms with van der Waals surface area (Å²) in [7, 11) is 0. The molecule has 1 aliphatic carbocycles. The van der Waals surface area contributed by atoms with E-state index in [0.29, 0.717) is 31.0 Å². The highest BCUT2D eigenvalue weighted by atomic mass is 16.1. The lowest BCUT2D eigenvalue weighted by molar-refractivity contribution is -0.129. The van der Waals surface area contributed by atoms with E-state index >= 15 is 0 Å². The predicted octanol–water partition coefficient (Wildman–Crippen LogP) is 1.06. The van der Waals surface area contributed by atoms with Crippen LogP contribution in [0.3, 0.4) is 0 Å². The number of piperidine rings is 1. The Bertz CT molecular complexity index is 387. The molecule has 1 atom stereocenters. The molecule has 5 heteroatoms. The number of nitrogens with two attached hydrogens (primary N) is 1. The van der Waals surface area contributed by atoms with Crippen molar-refractivity contribution in [2.24, 2.45) is 11.7 Å². The fourth-order valence-corrected chi connectivity index (χ4v) is 3.48. The summed E-state index contributed by atoms with van der Waals surface area (Å²) in [5.41, 5.74) is 5.07. The quantitative estimate of drug-likeness (QED) is 0.795. The number of likely N-dealkylation sites (tertiary alicyclic amines) is 1. The van der Waals surface area contributed by atoms with Crippen LogP contribution >= 0.6 is 0 Å². The third-order valence-electron chi connectivity index (χ3n) is 4.94. The zero-order chi connectivity index (χ0) is 15.5. The summed E-state index contributed by atoms with van der Waals surface area (Å²) in [5, 5.41) is 3.38. The molecule has 2 fully saturated rings. The largest absolute Gasteiger partial charge is 0.368 e. The van der Waals surface area contributed by atoms with E-state index in [0.717, 1.165) is 38.9 Å². The Morgan fingerprint density at radius 3 is 2.57 bits per heavy atom. The van der Waals surface area contributed by atoms with E-state index in [-0.39, 0.29) is 11.9 Å². The van der Waals surface area contributed by atoms with Gasteiger partial charge in [0.25, 0.3) is 0 Å². The molecule has 120 valence electrons. The normalized spacial score (nSPS) is 27.0. The van der Waals surface area contributed by atoms with Crippen molar-refractivity contribution in [3.05, 3.63) is 0 Å². The van der Waals surface area contributed by atoms with Gasteiger partial charge in [0.2, 0.25) is 5.91 Å². The molecular formula is C16H29N3O2. The van der Waals surface area contributed by atoms with E-state index < -0.39 is 5.54 Å². The minimum atomic E-state index is -0.585. The van der Waals surface area contributed by atoms with Crippen LogP contribution in [0.25, 0.3) is 0 Å². The summed E-state index contributed by atoms with van der Waals surface area (Å²) in [6.07, 6.45) is 5.27. The van der Waals surface area contributed by atoms with Crippen molar-refractivity contribution in [3.8, 4) is 0 Å². The van der Waals surface area contributed by atoms with Gasteiger partial charge in [-0.15, -0.1) is 0 Å². The Balaban J connectivity index is 1.95. The van der Waals surface area contributed by atoms with Gasteiger partial charge in [0.1, 0.15) is 11.3 Å². The standard InChI is InChI=1S/C16H29N3O2/c1-12(2)11-18-16(15(17)21)7-9-19(10-8-16)13-5-3-4-6-14(13)20/h12-13,18H,3-11H2,1-2H3,(H2,17,21). The summed E-state index contributed by atoms with van der Waals surface area (Å²) in [5.74, 6) is 0.611. The molecule has 1 saturated heterocycles. The molecule has 0 aromatic carbocycles. The number of nitrogens with zero attached hydrogens (tertiary/aromatic N) is 1. The SMILES string of the molecule is CC(C)CNC1(C(N)=O)CCN(C2CCCCC2=O)CC1. The monoisotopic (exact) mass is 295 g/mol. The molecule has 0 aromatic rings. The second-order valence-corrected chi connectivity index (χ2v) is 6.98. The lowest BCUT2D eigenvalue weighted by Crippen LogP contribution is -2.63. The van der Waals surface area contributed by atoms with Gasteiger partial charge in [0, 0.05) is 19.5 Å². The summed E-state index contributed by atoms with van der Waals surface area (Å²) >= 11 is 0. The van der Waals surface area contributed by atoms with Gasteiger partial charge in [-0.2, -0.15) is 0 Å². The number of carbonyl (C=O) groups is 2. The first kappa shape index (κ1) is 16.4. The number of primary amides is 1. The van der Waals surface area contributed by atoms with Crippen LogP contribution in [0.5, 0.6) is 0 Å². The summed E-state index contributed by atoms with van der Waals surface area (Å²) < 4.78 is 0. The average Bonchev–Trinajstić information content (AvgIpc) is 2.46. The molecule has 21 heavy (non-hydrogen) atoms. The first-order chi connectivity index (χ1) is 9.94. The van der Waals surface area contributed by atoms with Crippen LogP contribution in [0, 0.1) is 5.92 Å². The van der Waals surface area contributed by atoms with Crippen molar-refractivity contribution >= 4 is 11.7 Å². The topological polar surface area (TPSA) is 75.4 Å². The lowest BCUT2D eigenvalue weighted by Gasteiger charge is -2.43. The highest BCUT2D eigenvalue weighted by Crippen LogP contribution is 2.27. The maximum Gasteiger partial charge on any atom is 0.237 e. The van der Waals surface area contributed by atoms with E-state index in [4.69, 9.17) is 5.73 Å². The Morgan fingerprint density at radius 2 is 2.05 bits per heavy atom. The van der Waals surface area contributed by atoms with Crippen LogP contribution in [0.1, 0.15) is 52.4 Å². The van der Waals surface area contributed by atoms with Crippen LogP contribution in [-0.2, 0) is 9.59 Å². The van der Waals surface area contributed by atoms with Crippen LogP contribution in [-0.4, -0.2) is 47.8 Å². The molecule has 2 aliphatic rings. The van der Waals surface area contributed by atoms with Gasteiger partial charge in [-0.05, 0) is 38.1 Å². The first-order valence-corrected chi connectivity index (χ1v) is 8.26. The summed E-state index contributed by atoms with van der Waals surface area (Å²) in [6, 6.07) is 0.0784. The fourth-order valence-electron chi connectivity index (χ4n) is 3.48. The number of amides is 1. The Hall–Kier alpha value is -0.940. The van der Waals surface area contributed by atoms with Crippen LogP contribution in [0.2, 0.25) is 0 Å². The van der Waals surface area contributed by atoms with Crippen LogP contribution < -0.4 is 11.1 Å². The number of carbonyl (C=O) groups excluding carboxylic acids is 2. The minimum absolute atomic E-state index is 0.0784. The van der Waals surface area contributed by atoms with Crippen molar-refractivity contribution in [1.82, 2.24) is 10.2 Å². The molecule has 5 nitrogen and oxygen atoms in total. The number of nitrogens with one attached hydrogen (secondary N) is 1. The number of hydrogen-bond acceptors (Lipinski definition) is 4. The van der Waals surface area contributed by atoms with Gasteiger partial charge in [-0.25, -0.2) is 0 Å². The third-order valence-corrected chi connectivity index (χ3v) is 4.94. The van der Waals surface area contributed by atoms with Crippen molar-refractivity contribution in [2.45, 2.75) is 64.0 Å². The highest BCUT2D eigenvalue weighted by molar-refractivity contribution is 5.86. The van der Waals surface area contributed by atoms with Gasteiger partial charge in [0.15, 0.2) is 0 Å². The van der Waals surface area contributed by atoms with Crippen molar-refractivity contribution < 1.29 is 9.59 Å². The van der Waals surface area contributed by atoms with Crippen molar-refractivity contribution in [3.63, 3.8) is 0 Å². The Morgan fingerprint density at radius 1 is 1.38 bits per heavy atom. The maximum atomic E-state index is 12.1.